The molecule has 0 saturated heterocycles. The minimum absolute atomic E-state index is 0.229. The molecule has 0 aromatic carbocycles. The zero-order valence-corrected chi connectivity index (χ0v) is 5.27. The number of alkyl halides is 1. The van der Waals surface area contributed by atoms with Gasteiger partial charge in [0.2, 0.25) is 5.91 Å². The van der Waals surface area contributed by atoms with E-state index in [1.165, 1.54) is 5.48 Å². The predicted octanol–water partition coefficient (Wildman–Crippen LogP) is 0.367. The highest BCUT2D eigenvalue weighted by molar-refractivity contribution is 6.19. The van der Waals surface area contributed by atoms with Crippen LogP contribution in [0.3, 0.4) is 0 Å². The predicted molar refractivity (Wildman–Crippen MR) is 29.8 cm³/mol. The first kappa shape index (κ1) is 7.72. The van der Waals surface area contributed by atoms with Gasteiger partial charge in [-0.05, 0) is 0 Å². The lowest BCUT2D eigenvalue weighted by Gasteiger charge is -2.01. The fourth-order valence-electron chi connectivity index (χ4n) is 0.180. The van der Waals surface area contributed by atoms with E-state index in [0.29, 0.717) is 0 Å². The molecule has 0 aliphatic carbocycles. The highest BCUT2D eigenvalue weighted by atomic mass is 35.5. The van der Waals surface area contributed by atoms with Crippen molar-refractivity contribution in [3.05, 3.63) is 0 Å². The van der Waals surface area contributed by atoms with Crippen molar-refractivity contribution in [2.75, 3.05) is 5.88 Å². The summed E-state index contributed by atoms with van der Waals surface area (Å²) in [6.07, 6.45) is 0. The number of nitrogens with one attached hydrogen (secondary N) is 1. The Kier molecular flexibility index (Phi) is 3.56. The van der Waals surface area contributed by atoms with Gasteiger partial charge in [0.05, 0.1) is 5.92 Å². The summed E-state index contributed by atoms with van der Waals surface area (Å²) in [6.45, 7) is 1.62. The second-order valence-corrected chi connectivity index (χ2v) is 1.84. The zero-order chi connectivity index (χ0) is 6.57. The highest BCUT2D eigenvalue weighted by Gasteiger charge is 2.08. The van der Waals surface area contributed by atoms with Crippen molar-refractivity contribution in [1.82, 2.24) is 5.48 Å². The summed E-state index contributed by atoms with van der Waals surface area (Å²) < 4.78 is 0. The Labute approximate surface area is 52.6 Å². The largest absolute Gasteiger partial charge is 0.289 e. The molecule has 2 N–H and O–H groups in total. The zero-order valence-electron chi connectivity index (χ0n) is 4.52. The van der Waals surface area contributed by atoms with Crippen molar-refractivity contribution in [2.45, 2.75) is 6.92 Å². The highest BCUT2D eigenvalue weighted by Crippen LogP contribution is 1.95. The van der Waals surface area contributed by atoms with Crippen LogP contribution in [0.25, 0.3) is 0 Å². The van der Waals surface area contributed by atoms with Crippen molar-refractivity contribution in [1.29, 1.82) is 0 Å². The van der Waals surface area contributed by atoms with Crippen LogP contribution in [-0.4, -0.2) is 17.0 Å². The Balaban J connectivity index is 3.46. The molecule has 0 rings (SSSR count). The standard InChI is InChI=1S/C4H8ClNO2/c1-3(2-5)4(7)6-8/h3,8H,2H2,1H3,(H,6,7). The van der Waals surface area contributed by atoms with Crippen LogP contribution in [0.15, 0.2) is 0 Å². The molecular weight excluding hydrogens is 130 g/mol. The lowest BCUT2D eigenvalue weighted by molar-refractivity contribution is -0.132. The molecule has 0 aromatic rings. The van der Waals surface area contributed by atoms with Gasteiger partial charge in [-0.25, -0.2) is 5.48 Å². The van der Waals surface area contributed by atoms with Gasteiger partial charge in [0, 0.05) is 5.88 Å². The number of hydrogen-bond acceptors (Lipinski definition) is 2. The van der Waals surface area contributed by atoms with Gasteiger partial charge < -0.3 is 0 Å². The van der Waals surface area contributed by atoms with Crippen molar-refractivity contribution >= 4 is 17.5 Å². The van der Waals surface area contributed by atoms with Gasteiger partial charge in [-0.2, -0.15) is 0 Å². The first-order chi connectivity index (χ1) is 3.72. The monoisotopic (exact) mass is 137 g/mol. The Morgan fingerprint density at radius 3 is 2.62 bits per heavy atom. The van der Waals surface area contributed by atoms with Crippen LogP contribution in [0.4, 0.5) is 0 Å². The molecule has 0 heterocycles. The van der Waals surface area contributed by atoms with Gasteiger partial charge in [-0.1, -0.05) is 6.92 Å². The second-order valence-electron chi connectivity index (χ2n) is 1.53. The minimum atomic E-state index is -0.444. The van der Waals surface area contributed by atoms with Gasteiger partial charge in [-0.15, -0.1) is 11.6 Å². The van der Waals surface area contributed by atoms with E-state index in [1.807, 2.05) is 0 Å². The van der Waals surface area contributed by atoms with Crippen molar-refractivity contribution in [2.24, 2.45) is 5.92 Å². The molecule has 0 fully saturated rings. The molecule has 0 bridgehead atoms. The van der Waals surface area contributed by atoms with E-state index in [4.69, 9.17) is 16.8 Å². The van der Waals surface area contributed by atoms with Crippen molar-refractivity contribution < 1.29 is 10.0 Å². The smallest absolute Gasteiger partial charge is 0.247 e. The van der Waals surface area contributed by atoms with E-state index in [2.05, 4.69) is 0 Å². The third-order valence-electron chi connectivity index (χ3n) is 0.789. The Bertz CT molecular complexity index is 86.1. The normalized spacial score (nSPS) is 12.9. The van der Waals surface area contributed by atoms with Crippen LogP contribution in [0.5, 0.6) is 0 Å². The number of rotatable bonds is 2. The van der Waals surface area contributed by atoms with Crippen LogP contribution in [-0.2, 0) is 4.79 Å². The molecule has 48 valence electrons. The number of halogens is 1. The first-order valence-corrected chi connectivity index (χ1v) is 2.75. The van der Waals surface area contributed by atoms with Crippen molar-refractivity contribution in [3.8, 4) is 0 Å². The molecule has 1 amide bonds. The van der Waals surface area contributed by atoms with Crippen LogP contribution in [0.2, 0.25) is 0 Å². The van der Waals surface area contributed by atoms with Gasteiger partial charge >= 0.3 is 0 Å². The molecule has 0 saturated carbocycles. The average Bonchev–Trinajstić information content (AvgIpc) is 1.84. The molecule has 1 unspecified atom stereocenters. The quantitative estimate of drug-likeness (QED) is 0.328. The number of carbonyl (C=O) groups is 1. The second kappa shape index (κ2) is 3.69. The molecule has 3 nitrogen and oxygen atoms in total. The van der Waals surface area contributed by atoms with Gasteiger partial charge in [0.25, 0.3) is 0 Å². The van der Waals surface area contributed by atoms with E-state index in [9.17, 15) is 4.79 Å². The van der Waals surface area contributed by atoms with E-state index in [0.717, 1.165) is 0 Å². The maximum absolute atomic E-state index is 10.3. The summed E-state index contributed by atoms with van der Waals surface area (Å²) >= 11 is 5.25. The molecule has 4 heteroatoms. The summed E-state index contributed by atoms with van der Waals surface area (Å²) in [7, 11) is 0. The molecule has 0 radical (unpaired) electrons. The third kappa shape index (κ3) is 2.14. The fourth-order valence-corrected chi connectivity index (χ4v) is 0.320. The third-order valence-corrected chi connectivity index (χ3v) is 1.25. The van der Waals surface area contributed by atoms with Crippen LogP contribution < -0.4 is 5.48 Å². The van der Waals surface area contributed by atoms with Crippen LogP contribution in [0.1, 0.15) is 6.92 Å². The lowest BCUT2D eigenvalue weighted by Crippen LogP contribution is -2.26. The average molecular weight is 138 g/mol. The SMILES string of the molecule is CC(CCl)C(=O)NO. The molecule has 0 spiro atoms. The summed E-state index contributed by atoms with van der Waals surface area (Å²) in [5.41, 5.74) is 1.49. The van der Waals surface area contributed by atoms with Gasteiger partial charge in [0.15, 0.2) is 0 Å². The van der Waals surface area contributed by atoms with E-state index < -0.39 is 5.91 Å². The van der Waals surface area contributed by atoms with Gasteiger partial charge in [-0.3, -0.25) is 10.0 Å². The fraction of sp³-hybridized carbons (Fsp3) is 0.750. The minimum Gasteiger partial charge on any atom is -0.289 e. The molecule has 0 aromatic heterocycles. The number of amides is 1. The summed E-state index contributed by atoms with van der Waals surface area (Å²) in [6, 6.07) is 0. The van der Waals surface area contributed by atoms with Gasteiger partial charge in [0.1, 0.15) is 0 Å². The van der Waals surface area contributed by atoms with E-state index >= 15 is 0 Å². The maximum atomic E-state index is 10.3. The Morgan fingerprint density at radius 2 is 2.50 bits per heavy atom. The molecule has 0 aliphatic heterocycles. The Hall–Kier alpha value is -0.280. The summed E-state index contributed by atoms with van der Waals surface area (Å²) in [5.74, 6) is -0.534. The van der Waals surface area contributed by atoms with E-state index in [1.54, 1.807) is 6.92 Å². The number of hydrogen-bond donors (Lipinski definition) is 2. The van der Waals surface area contributed by atoms with Crippen molar-refractivity contribution in [3.63, 3.8) is 0 Å². The first-order valence-electron chi connectivity index (χ1n) is 2.22. The molecule has 8 heavy (non-hydrogen) atoms. The summed E-state index contributed by atoms with van der Waals surface area (Å²) in [4.78, 5) is 10.3. The molecule has 1 atom stereocenters. The molecule has 0 aliphatic rings. The Morgan fingerprint density at radius 1 is 2.00 bits per heavy atom. The number of carbonyl (C=O) groups excluding carboxylic acids is 1. The maximum Gasteiger partial charge on any atom is 0.247 e. The van der Waals surface area contributed by atoms with E-state index in [-0.39, 0.29) is 11.8 Å². The number of hydroxylamine groups is 1. The lowest BCUT2D eigenvalue weighted by atomic mass is 10.2. The summed E-state index contributed by atoms with van der Waals surface area (Å²) in [5, 5.41) is 7.98. The molecular formula is C4H8ClNO2. The van der Waals surface area contributed by atoms with Crippen LogP contribution >= 0.6 is 11.6 Å². The topological polar surface area (TPSA) is 49.3 Å². The van der Waals surface area contributed by atoms with Crippen LogP contribution in [0, 0.1) is 5.92 Å².